The smallest absolute Gasteiger partial charge is 0.0387 e. The molecule has 0 bridgehead atoms. The van der Waals surface area contributed by atoms with Gasteiger partial charge in [0, 0.05) is 44.1 Å². The summed E-state index contributed by atoms with van der Waals surface area (Å²) >= 11 is 0. The number of nitrogen functional groups attached to an aromatic ring is 1. The van der Waals surface area contributed by atoms with Crippen LogP contribution < -0.4 is 10.6 Å². The van der Waals surface area contributed by atoms with Crippen molar-refractivity contribution in [2.75, 3.05) is 43.4 Å². The van der Waals surface area contributed by atoms with Crippen LogP contribution in [0.4, 0.5) is 11.4 Å². The summed E-state index contributed by atoms with van der Waals surface area (Å²) < 4.78 is 0. The maximum atomic E-state index is 5.84. The predicted molar refractivity (Wildman–Crippen MR) is 79.0 cm³/mol. The van der Waals surface area contributed by atoms with E-state index in [4.69, 9.17) is 5.73 Å². The molecular formula is C15H25N3. The Bertz CT molecular complexity index is 370. The van der Waals surface area contributed by atoms with E-state index in [9.17, 15) is 0 Å². The van der Waals surface area contributed by atoms with Crippen LogP contribution >= 0.6 is 0 Å². The molecule has 1 aliphatic heterocycles. The lowest BCUT2D eigenvalue weighted by atomic mass is 10.1. The lowest BCUT2D eigenvalue weighted by Gasteiger charge is -2.37. The molecule has 3 nitrogen and oxygen atoms in total. The highest BCUT2D eigenvalue weighted by atomic mass is 15.3. The second-order valence-electron chi connectivity index (χ2n) is 5.40. The second kappa shape index (κ2) is 6.10. The van der Waals surface area contributed by atoms with Crippen molar-refractivity contribution in [3.05, 3.63) is 24.3 Å². The molecule has 1 saturated heterocycles. The minimum absolute atomic E-state index is 0.809. The summed E-state index contributed by atoms with van der Waals surface area (Å²) in [6, 6.07) is 8.21. The van der Waals surface area contributed by atoms with E-state index in [0.29, 0.717) is 0 Å². The molecule has 18 heavy (non-hydrogen) atoms. The first-order chi connectivity index (χ1) is 8.69. The van der Waals surface area contributed by atoms with Crippen molar-refractivity contribution in [3.8, 4) is 0 Å². The number of anilines is 2. The van der Waals surface area contributed by atoms with Gasteiger partial charge in [-0.2, -0.15) is 0 Å². The van der Waals surface area contributed by atoms with E-state index in [1.807, 2.05) is 12.1 Å². The summed E-state index contributed by atoms with van der Waals surface area (Å²) in [5.74, 6) is 0.809. The van der Waals surface area contributed by atoms with Crippen LogP contribution in [-0.4, -0.2) is 37.6 Å². The van der Waals surface area contributed by atoms with Crippen LogP contribution in [0.15, 0.2) is 24.3 Å². The molecule has 1 atom stereocenters. The molecule has 1 aromatic rings. The van der Waals surface area contributed by atoms with Crippen LogP contribution in [0.25, 0.3) is 0 Å². The fourth-order valence-electron chi connectivity index (χ4n) is 2.48. The first-order valence-electron chi connectivity index (χ1n) is 7.02. The fourth-order valence-corrected chi connectivity index (χ4v) is 2.48. The molecule has 0 radical (unpaired) electrons. The number of hydrogen-bond donors (Lipinski definition) is 1. The first-order valence-corrected chi connectivity index (χ1v) is 7.02. The van der Waals surface area contributed by atoms with Crippen LogP contribution in [0.3, 0.4) is 0 Å². The molecule has 1 fully saturated rings. The Labute approximate surface area is 111 Å². The Hall–Kier alpha value is -1.22. The monoisotopic (exact) mass is 247 g/mol. The summed E-state index contributed by atoms with van der Waals surface area (Å²) in [5, 5.41) is 0. The zero-order valence-corrected chi connectivity index (χ0v) is 11.6. The minimum Gasteiger partial charge on any atom is -0.399 e. The van der Waals surface area contributed by atoms with Gasteiger partial charge in [-0.05, 0) is 24.1 Å². The highest BCUT2D eigenvalue weighted by molar-refractivity contribution is 5.56. The van der Waals surface area contributed by atoms with Crippen molar-refractivity contribution < 1.29 is 0 Å². The van der Waals surface area contributed by atoms with Gasteiger partial charge in [0.05, 0.1) is 0 Å². The number of hydrogen-bond acceptors (Lipinski definition) is 3. The molecule has 0 aliphatic carbocycles. The molecule has 1 heterocycles. The average Bonchev–Trinajstić information content (AvgIpc) is 2.39. The van der Waals surface area contributed by atoms with E-state index in [-0.39, 0.29) is 0 Å². The standard InChI is InChI=1S/C15H25N3/c1-3-13(2)12-17-7-9-18(10-8-17)15-6-4-5-14(16)11-15/h4-6,11,13H,3,7-10,12,16H2,1-2H3. The van der Waals surface area contributed by atoms with Gasteiger partial charge < -0.3 is 10.6 Å². The van der Waals surface area contributed by atoms with E-state index in [1.165, 1.54) is 31.7 Å². The van der Waals surface area contributed by atoms with Gasteiger partial charge in [-0.15, -0.1) is 0 Å². The number of benzene rings is 1. The fraction of sp³-hybridized carbons (Fsp3) is 0.600. The maximum Gasteiger partial charge on any atom is 0.0387 e. The molecule has 1 unspecified atom stereocenters. The van der Waals surface area contributed by atoms with Crippen LogP contribution in [0.1, 0.15) is 20.3 Å². The summed E-state index contributed by atoms with van der Waals surface area (Å²) in [5.41, 5.74) is 7.96. The van der Waals surface area contributed by atoms with Crippen LogP contribution in [-0.2, 0) is 0 Å². The Kier molecular flexibility index (Phi) is 4.48. The SMILES string of the molecule is CCC(C)CN1CCN(c2cccc(N)c2)CC1. The molecular weight excluding hydrogens is 222 g/mol. The zero-order chi connectivity index (χ0) is 13.0. The van der Waals surface area contributed by atoms with Crippen molar-refractivity contribution in [3.63, 3.8) is 0 Å². The third-order valence-corrected chi connectivity index (χ3v) is 3.87. The topological polar surface area (TPSA) is 32.5 Å². The lowest BCUT2D eigenvalue weighted by molar-refractivity contribution is 0.222. The summed E-state index contributed by atoms with van der Waals surface area (Å²) in [4.78, 5) is 5.01. The molecule has 0 aromatic heterocycles. The van der Waals surface area contributed by atoms with Gasteiger partial charge in [-0.25, -0.2) is 0 Å². The van der Waals surface area contributed by atoms with Crippen molar-refractivity contribution in [1.29, 1.82) is 0 Å². The Balaban J connectivity index is 1.87. The van der Waals surface area contributed by atoms with Gasteiger partial charge >= 0.3 is 0 Å². The quantitative estimate of drug-likeness (QED) is 0.829. The third-order valence-electron chi connectivity index (χ3n) is 3.87. The summed E-state index contributed by atoms with van der Waals surface area (Å²) in [7, 11) is 0. The number of nitrogens with two attached hydrogens (primary N) is 1. The van der Waals surface area contributed by atoms with Gasteiger partial charge in [-0.1, -0.05) is 26.3 Å². The molecule has 0 saturated carbocycles. The average molecular weight is 247 g/mol. The van der Waals surface area contributed by atoms with E-state index in [0.717, 1.165) is 24.7 Å². The molecule has 100 valence electrons. The van der Waals surface area contributed by atoms with Gasteiger partial charge in [0.15, 0.2) is 0 Å². The third kappa shape index (κ3) is 3.39. The predicted octanol–water partition coefficient (Wildman–Crippen LogP) is 2.44. The maximum absolute atomic E-state index is 5.84. The van der Waals surface area contributed by atoms with E-state index < -0.39 is 0 Å². The number of nitrogens with zero attached hydrogens (tertiary/aromatic N) is 2. The Morgan fingerprint density at radius 3 is 2.56 bits per heavy atom. The van der Waals surface area contributed by atoms with Crippen molar-refractivity contribution in [1.82, 2.24) is 4.90 Å². The van der Waals surface area contributed by atoms with Gasteiger partial charge in [-0.3, -0.25) is 4.90 Å². The highest BCUT2D eigenvalue weighted by Crippen LogP contribution is 2.19. The van der Waals surface area contributed by atoms with E-state index >= 15 is 0 Å². The minimum atomic E-state index is 0.809. The van der Waals surface area contributed by atoms with E-state index in [1.54, 1.807) is 0 Å². The molecule has 2 N–H and O–H groups in total. The second-order valence-corrected chi connectivity index (χ2v) is 5.40. The van der Waals surface area contributed by atoms with Gasteiger partial charge in [0.2, 0.25) is 0 Å². The van der Waals surface area contributed by atoms with Crippen LogP contribution in [0.5, 0.6) is 0 Å². The summed E-state index contributed by atoms with van der Waals surface area (Å²) in [6.45, 7) is 10.4. The Morgan fingerprint density at radius 1 is 1.22 bits per heavy atom. The van der Waals surface area contributed by atoms with Crippen molar-refractivity contribution in [2.24, 2.45) is 5.92 Å². The van der Waals surface area contributed by atoms with Crippen molar-refractivity contribution in [2.45, 2.75) is 20.3 Å². The molecule has 0 amide bonds. The highest BCUT2D eigenvalue weighted by Gasteiger charge is 2.18. The zero-order valence-electron chi connectivity index (χ0n) is 11.6. The van der Waals surface area contributed by atoms with E-state index in [2.05, 4.69) is 35.8 Å². The van der Waals surface area contributed by atoms with Gasteiger partial charge in [0.1, 0.15) is 0 Å². The van der Waals surface area contributed by atoms with Crippen LogP contribution in [0, 0.1) is 5.92 Å². The lowest BCUT2D eigenvalue weighted by Crippen LogP contribution is -2.47. The first kappa shape index (κ1) is 13.2. The van der Waals surface area contributed by atoms with Gasteiger partial charge in [0.25, 0.3) is 0 Å². The normalized spacial score (nSPS) is 18.9. The van der Waals surface area contributed by atoms with Crippen LogP contribution in [0.2, 0.25) is 0 Å². The summed E-state index contributed by atoms with van der Waals surface area (Å²) in [6.07, 6.45) is 1.27. The molecule has 2 rings (SSSR count). The number of piperazine rings is 1. The van der Waals surface area contributed by atoms with Crippen molar-refractivity contribution >= 4 is 11.4 Å². The molecule has 0 spiro atoms. The number of rotatable bonds is 4. The molecule has 1 aliphatic rings. The Morgan fingerprint density at radius 2 is 1.94 bits per heavy atom. The molecule has 3 heteroatoms. The molecule has 1 aromatic carbocycles. The largest absolute Gasteiger partial charge is 0.399 e.